The van der Waals surface area contributed by atoms with Crippen LogP contribution in [0.25, 0.3) is 0 Å². The van der Waals surface area contributed by atoms with Crippen molar-refractivity contribution in [2.75, 3.05) is 45.5 Å². The Bertz CT molecular complexity index is 265. The number of carboxylic acid groups (broad SMARTS) is 1. The molecule has 0 saturated heterocycles. The van der Waals surface area contributed by atoms with Crippen LogP contribution in [0.5, 0.6) is 0 Å². The fraction of sp³-hybridized carbons (Fsp3) is 0.818. The van der Waals surface area contributed by atoms with Gasteiger partial charge in [-0.15, -0.1) is 0 Å². The van der Waals surface area contributed by atoms with Gasteiger partial charge in [0.15, 0.2) is 0 Å². The molecular weight excluding hydrogens is 272 g/mol. The van der Waals surface area contributed by atoms with Crippen molar-refractivity contribution in [3.8, 4) is 0 Å². The normalized spacial score (nSPS) is 11.9. The number of methoxy groups -OCH3 is 1. The summed E-state index contributed by atoms with van der Waals surface area (Å²) in [6.45, 7) is 1.65. The summed E-state index contributed by atoms with van der Waals surface area (Å²) < 4.78 is 9.95. The maximum absolute atomic E-state index is 11.4. The standard InChI is InChI=1S/C11H22N2O5S/c1-17-6-7-18-5-4-12-11(16)13-9(10(14)15)3-8-19-2/h9H,3-8H2,1-2H3,(H,14,15)(H2,12,13,16)/t9-/m0/s1. The molecule has 3 N–H and O–H groups in total. The van der Waals surface area contributed by atoms with Crippen LogP contribution >= 0.6 is 11.8 Å². The van der Waals surface area contributed by atoms with Crippen molar-refractivity contribution in [3.05, 3.63) is 0 Å². The molecule has 0 saturated carbocycles. The Morgan fingerprint density at radius 3 is 2.63 bits per heavy atom. The maximum Gasteiger partial charge on any atom is 0.326 e. The summed E-state index contributed by atoms with van der Waals surface area (Å²) in [5, 5.41) is 13.9. The third-order valence-corrected chi connectivity index (χ3v) is 2.82. The molecule has 0 aromatic carbocycles. The third-order valence-electron chi connectivity index (χ3n) is 2.18. The molecule has 0 bridgehead atoms. The van der Waals surface area contributed by atoms with Gasteiger partial charge in [0.25, 0.3) is 0 Å². The van der Waals surface area contributed by atoms with E-state index in [1.807, 2.05) is 6.26 Å². The number of carboxylic acids is 1. The van der Waals surface area contributed by atoms with E-state index in [0.717, 1.165) is 0 Å². The lowest BCUT2D eigenvalue weighted by Gasteiger charge is -2.14. The van der Waals surface area contributed by atoms with Gasteiger partial charge in [-0.1, -0.05) is 0 Å². The highest BCUT2D eigenvalue weighted by Crippen LogP contribution is 2.00. The second kappa shape index (κ2) is 12.1. The van der Waals surface area contributed by atoms with Gasteiger partial charge >= 0.3 is 12.0 Å². The van der Waals surface area contributed by atoms with Crippen LogP contribution < -0.4 is 10.6 Å². The quantitative estimate of drug-likeness (QED) is 0.470. The average Bonchev–Trinajstić information content (AvgIpc) is 2.38. The number of urea groups is 1. The Hall–Kier alpha value is -0.990. The molecule has 0 heterocycles. The Balaban J connectivity index is 3.71. The van der Waals surface area contributed by atoms with Gasteiger partial charge in [-0.3, -0.25) is 0 Å². The van der Waals surface area contributed by atoms with Gasteiger partial charge in [0, 0.05) is 13.7 Å². The Kier molecular flexibility index (Phi) is 11.4. The zero-order valence-electron chi connectivity index (χ0n) is 11.3. The fourth-order valence-corrected chi connectivity index (χ4v) is 1.65. The SMILES string of the molecule is COCCOCCNC(=O)N[C@@H](CCSC)C(=O)O. The minimum absolute atomic E-state index is 0.324. The summed E-state index contributed by atoms with van der Waals surface area (Å²) in [6.07, 6.45) is 2.28. The molecule has 112 valence electrons. The molecular formula is C11H22N2O5S. The van der Waals surface area contributed by atoms with Crippen LogP contribution in [0.4, 0.5) is 4.79 Å². The molecule has 8 heteroatoms. The molecule has 0 spiro atoms. The second-order valence-electron chi connectivity index (χ2n) is 3.68. The molecule has 0 unspecified atom stereocenters. The number of ether oxygens (including phenoxy) is 2. The van der Waals surface area contributed by atoms with E-state index in [2.05, 4.69) is 10.6 Å². The van der Waals surface area contributed by atoms with E-state index in [4.69, 9.17) is 14.6 Å². The molecule has 0 radical (unpaired) electrons. The molecule has 7 nitrogen and oxygen atoms in total. The van der Waals surface area contributed by atoms with E-state index in [1.165, 1.54) is 11.8 Å². The summed E-state index contributed by atoms with van der Waals surface area (Å²) in [6, 6.07) is -1.36. The molecule has 0 aromatic rings. The maximum atomic E-state index is 11.4. The summed E-state index contributed by atoms with van der Waals surface area (Å²) in [7, 11) is 1.58. The van der Waals surface area contributed by atoms with E-state index < -0.39 is 18.0 Å². The molecule has 0 aliphatic carbocycles. The van der Waals surface area contributed by atoms with Gasteiger partial charge in [0.05, 0.1) is 19.8 Å². The molecule has 0 rings (SSSR count). The van der Waals surface area contributed by atoms with Crippen molar-refractivity contribution in [2.24, 2.45) is 0 Å². The number of aliphatic carboxylic acids is 1. The minimum Gasteiger partial charge on any atom is -0.480 e. The zero-order valence-corrected chi connectivity index (χ0v) is 12.1. The molecule has 0 aromatic heterocycles. The fourth-order valence-electron chi connectivity index (χ4n) is 1.18. The first-order chi connectivity index (χ1) is 9.11. The lowest BCUT2D eigenvalue weighted by Crippen LogP contribution is -2.47. The number of thioether (sulfide) groups is 1. The number of carbonyl (C=O) groups is 2. The minimum atomic E-state index is -1.03. The first-order valence-electron chi connectivity index (χ1n) is 5.94. The van der Waals surface area contributed by atoms with Gasteiger partial charge in [-0.25, -0.2) is 9.59 Å². The summed E-state index contributed by atoms with van der Waals surface area (Å²) >= 11 is 1.54. The second-order valence-corrected chi connectivity index (χ2v) is 4.66. The van der Waals surface area contributed by atoms with E-state index in [1.54, 1.807) is 7.11 Å². The number of rotatable bonds is 11. The lowest BCUT2D eigenvalue weighted by molar-refractivity contribution is -0.139. The van der Waals surface area contributed by atoms with Crippen LogP contribution in [0.3, 0.4) is 0 Å². The van der Waals surface area contributed by atoms with Crippen molar-refractivity contribution >= 4 is 23.8 Å². The first kappa shape index (κ1) is 18.0. The Morgan fingerprint density at radius 1 is 1.32 bits per heavy atom. The van der Waals surface area contributed by atoms with Crippen LogP contribution in [0.1, 0.15) is 6.42 Å². The highest BCUT2D eigenvalue weighted by molar-refractivity contribution is 7.98. The largest absolute Gasteiger partial charge is 0.480 e. The molecule has 19 heavy (non-hydrogen) atoms. The number of nitrogens with one attached hydrogen (secondary N) is 2. The van der Waals surface area contributed by atoms with Crippen molar-refractivity contribution in [2.45, 2.75) is 12.5 Å². The number of carbonyl (C=O) groups excluding carboxylic acids is 1. The van der Waals surface area contributed by atoms with Crippen LogP contribution in [-0.2, 0) is 14.3 Å². The van der Waals surface area contributed by atoms with Crippen LogP contribution in [0.2, 0.25) is 0 Å². The molecule has 1 atom stereocenters. The van der Waals surface area contributed by atoms with Gasteiger partial charge in [-0.2, -0.15) is 11.8 Å². The van der Waals surface area contributed by atoms with Crippen LogP contribution in [-0.4, -0.2) is 68.6 Å². The van der Waals surface area contributed by atoms with Gasteiger partial charge in [-0.05, 0) is 18.4 Å². The molecule has 0 aliphatic rings. The predicted molar refractivity (Wildman–Crippen MR) is 73.7 cm³/mol. The van der Waals surface area contributed by atoms with Gasteiger partial charge in [0.1, 0.15) is 6.04 Å². The smallest absolute Gasteiger partial charge is 0.326 e. The monoisotopic (exact) mass is 294 g/mol. The van der Waals surface area contributed by atoms with Gasteiger partial charge < -0.3 is 25.2 Å². The van der Waals surface area contributed by atoms with E-state index in [-0.39, 0.29) is 0 Å². The summed E-state index contributed by atoms with van der Waals surface area (Å²) in [5.74, 6) is -0.349. The van der Waals surface area contributed by atoms with Crippen LogP contribution in [0, 0.1) is 0 Å². The first-order valence-corrected chi connectivity index (χ1v) is 7.34. The predicted octanol–water partition coefficient (Wildman–Crippen LogP) is 0.155. The highest BCUT2D eigenvalue weighted by Gasteiger charge is 2.18. The Labute approximate surface area is 117 Å². The molecule has 0 aliphatic heterocycles. The van der Waals surface area contributed by atoms with Gasteiger partial charge in [0.2, 0.25) is 0 Å². The number of amides is 2. The van der Waals surface area contributed by atoms with E-state index >= 15 is 0 Å². The van der Waals surface area contributed by atoms with Crippen molar-refractivity contribution in [3.63, 3.8) is 0 Å². The molecule has 0 fully saturated rings. The van der Waals surface area contributed by atoms with E-state index in [0.29, 0.717) is 38.5 Å². The average molecular weight is 294 g/mol. The topological polar surface area (TPSA) is 96.9 Å². The zero-order chi connectivity index (χ0) is 14.5. The van der Waals surface area contributed by atoms with Crippen molar-refractivity contribution in [1.29, 1.82) is 0 Å². The lowest BCUT2D eigenvalue weighted by atomic mass is 10.2. The van der Waals surface area contributed by atoms with E-state index in [9.17, 15) is 9.59 Å². The van der Waals surface area contributed by atoms with Crippen LogP contribution in [0.15, 0.2) is 0 Å². The van der Waals surface area contributed by atoms with Crippen molar-refractivity contribution < 1.29 is 24.2 Å². The van der Waals surface area contributed by atoms with Crippen molar-refractivity contribution in [1.82, 2.24) is 10.6 Å². The third kappa shape index (κ3) is 10.6. The summed E-state index contributed by atoms with van der Waals surface area (Å²) in [4.78, 5) is 22.3. The summed E-state index contributed by atoms with van der Waals surface area (Å²) in [5.41, 5.74) is 0. The number of hydrogen-bond donors (Lipinski definition) is 3. The number of hydrogen-bond acceptors (Lipinski definition) is 5. The highest BCUT2D eigenvalue weighted by atomic mass is 32.2. The Morgan fingerprint density at radius 2 is 2.05 bits per heavy atom. The molecule has 2 amide bonds.